The molecule has 0 N–H and O–H groups in total. The summed E-state index contributed by atoms with van der Waals surface area (Å²) in [7, 11) is 0. The van der Waals surface area contributed by atoms with Gasteiger partial charge >= 0.3 is 5.97 Å². The van der Waals surface area contributed by atoms with E-state index in [0.29, 0.717) is 11.7 Å². The van der Waals surface area contributed by atoms with Gasteiger partial charge in [0.15, 0.2) is 6.61 Å². The molecule has 0 spiro atoms. The van der Waals surface area contributed by atoms with Gasteiger partial charge in [-0.2, -0.15) is 0 Å². The summed E-state index contributed by atoms with van der Waals surface area (Å²) in [5.74, 6) is 0.844. The molecule has 0 amide bonds. The lowest BCUT2D eigenvalue weighted by atomic mass is 9.70. The predicted molar refractivity (Wildman–Crippen MR) is 84.7 cm³/mol. The van der Waals surface area contributed by atoms with Gasteiger partial charge in [0.05, 0.1) is 5.71 Å². The SMILES string of the molecule is CC1(C)[C@@H]2CC[C@]1(C)/C(=N\OC(=O)COc1ccccc1)C2. The fourth-order valence-corrected chi connectivity index (χ4v) is 3.86. The molecule has 0 saturated heterocycles. The molecule has 2 aliphatic carbocycles. The van der Waals surface area contributed by atoms with E-state index >= 15 is 0 Å². The van der Waals surface area contributed by atoms with Gasteiger partial charge in [-0.15, -0.1) is 0 Å². The van der Waals surface area contributed by atoms with E-state index in [9.17, 15) is 4.79 Å². The van der Waals surface area contributed by atoms with E-state index < -0.39 is 5.97 Å². The number of benzene rings is 1. The molecule has 0 unspecified atom stereocenters. The minimum atomic E-state index is -0.458. The average molecular weight is 301 g/mol. The van der Waals surface area contributed by atoms with E-state index in [-0.39, 0.29) is 17.4 Å². The van der Waals surface area contributed by atoms with Gasteiger partial charge in [0.2, 0.25) is 0 Å². The molecule has 0 aromatic heterocycles. The van der Waals surface area contributed by atoms with Crippen molar-refractivity contribution in [3.8, 4) is 5.75 Å². The zero-order valence-corrected chi connectivity index (χ0v) is 13.5. The van der Waals surface area contributed by atoms with Gasteiger partial charge in [-0.3, -0.25) is 0 Å². The maximum absolute atomic E-state index is 11.8. The number of fused-ring (bicyclic) bond motifs is 2. The summed E-state index contributed by atoms with van der Waals surface area (Å²) in [5, 5.41) is 4.17. The highest BCUT2D eigenvalue weighted by Gasteiger charge is 2.60. The van der Waals surface area contributed by atoms with Crippen LogP contribution >= 0.6 is 0 Å². The van der Waals surface area contributed by atoms with Crippen LogP contribution in [-0.2, 0) is 9.63 Å². The van der Waals surface area contributed by atoms with Crippen molar-refractivity contribution in [1.29, 1.82) is 0 Å². The molecule has 118 valence electrons. The standard InChI is InChI=1S/C18H23NO3/c1-17(2)13-9-10-18(17,3)15(11-13)19-22-16(20)12-21-14-7-5-4-6-8-14/h4-8,13H,9-12H2,1-3H3/b19-15-/t13-,18-/m1/s1. The van der Waals surface area contributed by atoms with E-state index in [1.165, 1.54) is 6.42 Å². The monoisotopic (exact) mass is 301 g/mol. The summed E-state index contributed by atoms with van der Waals surface area (Å²) in [6, 6.07) is 9.23. The highest BCUT2D eigenvalue weighted by Crippen LogP contribution is 2.63. The van der Waals surface area contributed by atoms with Crippen LogP contribution in [0.1, 0.15) is 40.0 Å². The predicted octanol–water partition coefficient (Wildman–Crippen LogP) is 3.81. The van der Waals surface area contributed by atoms with Crippen molar-refractivity contribution in [3.63, 3.8) is 0 Å². The van der Waals surface area contributed by atoms with Crippen LogP contribution in [-0.4, -0.2) is 18.3 Å². The Balaban J connectivity index is 1.57. The molecule has 2 atom stereocenters. The normalized spacial score (nSPS) is 30.5. The molecule has 2 bridgehead atoms. The second-order valence-corrected chi connectivity index (χ2v) is 7.10. The lowest BCUT2D eigenvalue weighted by molar-refractivity contribution is -0.146. The van der Waals surface area contributed by atoms with Crippen LogP contribution in [0, 0.1) is 16.7 Å². The molecule has 4 heteroatoms. The van der Waals surface area contributed by atoms with Crippen LogP contribution in [0.25, 0.3) is 0 Å². The van der Waals surface area contributed by atoms with Crippen molar-refractivity contribution in [3.05, 3.63) is 30.3 Å². The molecular weight excluding hydrogens is 278 g/mol. The third-order valence-corrected chi connectivity index (χ3v) is 5.87. The number of ether oxygens (including phenoxy) is 1. The van der Waals surface area contributed by atoms with Crippen LogP contribution in [0.4, 0.5) is 0 Å². The topological polar surface area (TPSA) is 47.9 Å². The van der Waals surface area contributed by atoms with Crippen LogP contribution in [0.5, 0.6) is 5.75 Å². The zero-order valence-electron chi connectivity index (χ0n) is 13.5. The summed E-state index contributed by atoms with van der Waals surface area (Å²) >= 11 is 0. The van der Waals surface area contributed by atoms with Crippen LogP contribution < -0.4 is 4.74 Å². The Morgan fingerprint density at radius 1 is 1.27 bits per heavy atom. The Labute approximate surface area is 131 Å². The van der Waals surface area contributed by atoms with Crippen molar-refractivity contribution in [2.24, 2.45) is 21.9 Å². The van der Waals surface area contributed by atoms with E-state index in [1.807, 2.05) is 18.2 Å². The molecule has 22 heavy (non-hydrogen) atoms. The molecule has 1 aromatic carbocycles. The molecule has 2 fully saturated rings. The molecule has 0 heterocycles. The minimum Gasteiger partial charge on any atom is -0.482 e. The van der Waals surface area contributed by atoms with Gasteiger partial charge in [0, 0.05) is 5.41 Å². The Morgan fingerprint density at radius 3 is 2.59 bits per heavy atom. The van der Waals surface area contributed by atoms with Crippen LogP contribution in [0.2, 0.25) is 0 Å². The van der Waals surface area contributed by atoms with Crippen molar-refractivity contribution >= 4 is 11.7 Å². The number of hydrogen-bond donors (Lipinski definition) is 0. The Kier molecular flexibility index (Phi) is 3.71. The Bertz CT molecular complexity index is 594. The quantitative estimate of drug-likeness (QED) is 0.627. The highest BCUT2D eigenvalue weighted by molar-refractivity contribution is 5.94. The molecule has 1 aromatic rings. The smallest absolute Gasteiger partial charge is 0.372 e. The van der Waals surface area contributed by atoms with Crippen LogP contribution in [0.15, 0.2) is 35.5 Å². The molecule has 3 rings (SSSR count). The second kappa shape index (κ2) is 5.41. The number of hydrogen-bond acceptors (Lipinski definition) is 4. The number of carbonyl (C=O) groups is 1. The third kappa shape index (κ3) is 2.40. The first-order chi connectivity index (χ1) is 10.4. The van der Waals surface area contributed by atoms with Crippen LogP contribution in [0.3, 0.4) is 0 Å². The maximum atomic E-state index is 11.8. The lowest BCUT2D eigenvalue weighted by Gasteiger charge is -2.34. The number of carbonyl (C=O) groups excluding carboxylic acids is 1. The van der Waals surface area contributed by atoms with Gasteiger partial charge in [0.1, 0.15) is 5.75 Å². The number of rotatable bonds is 4. The highest BCUT2D eigenvalue weighted by atomic mass is 16.7. The van der Waals surface area contributed by atoms with Crippen molar-refractivity contribution < 1.29 is 14.4 Å². The Morgan fingerprint density at radius 2 is 2.00 bits per heavy atom. The number of oxime groups is 1. The summed E-state index contributed by atoms with van der Waals surface area (Å²) in [6.07, 6.45) is 3.31. The van der Waals surface area contributed by atoms with E-state index in [2.05, 4.69) is 25.9 Å². The van der Waals surface area contributed by atoms with Crippen molar-refractivity contribution in [2.45, 2.75) is 40.0 Å². The van der Waals surface area contributed by atoms with Gasteiger partial charge in [0.25, 0.3) is 0 Å². The second-order valence-electron chi connectivity index (χ2n) is 7.10. The maximum Gasteiger partial charge on any atom is 0.372 e. The van der Waals surface area contributed by atoms with Crippen molar-refractivity contribution in [1.82, 2.24) is 0 Å². The fourth-order valence-electron chi connectivity index (χ4n) is 3.86. The molecule has 0 aliphatic heterocycles. The van der Waals surface area contributed by atoms with Gasteiger partial charge in [-0.05, 0) is 42.7 Å². The molecule has 4 nitrogen and oxygen atoms in total. The van der Waals surface area contributed by atoms with Crippen molar-refractivity contribution in [2.75, 3.05) is 6.61 Å². The van der Waals surface area contributed by atoms with Gasteiger partial charge in [-0.25, -0.2) is 4.79 Å². The number of nitrogens with zero attached hydrogens (tertiary/aromatic N) is 1. The molecule has 2 saturated carbocycles. The first-order valence-electron chi connectivity index (χ1n) is 7.88. The van der Waals surface area contributed by atoms with Gasteiger partial charge < -0.3 is 9.57 Å². The zero-order chi connectivity index (χ0) is 15.8. The summed E-state index contributed by atoms with van der Waals surface area (Å²) in [4.78, 5) is 16.9. The first kappa shape index (κ1) is 15.1. The first-order valence-corrected chi connectivity index (χ1v) is 7.88. The fraction of sp³-hybridized carbons (Fsp3) is 0.556. The summed E-state index contributed by atoms with van der Waals surface area (Å²) in [6.45, 7) is 6.72. The van der Waals surface area contributed by atoms with E-state index in [1.54, 1.807) is 12.1 Å². The average Bonchev–Trinajstić information content (AvgIpc) is 2.85. The summed E-state index contributed by atoms with van der Waals surface area (Å²) in [5.41, 5.74) is 1.32. The lowest BCUT2D eigenvalue weighted by Crippen LogP contribution is -2.32. The van der Waals surface area contributed by atoms with Gasteiger partial charge in [-0.1, -0.05) is 44.1 Å². The molecular formula is C18H23NO3. The van der Waals surface area contributed by atoms with E-state index in [4.69, 9.17) is 9.57 Å². The largest absolute Gasteiger partial charge is 0.482 e. The molecule has 2 aliphatic rings. The molecule has 0 radical (unpaired) electrons. The van der Waals surface area contributed by atoms with E-state index in [0.717, 1.165) is 18.6 Å². The Hall–Kier alpha value is -1.84. The summed E-state index contributed by atoms with van der Waals surface area (Å²) < 4.78 is 5.37. The third-order valence-electron chi connectivity index (χ3n) is 5.87. The number of para-hydroxylation sites is 1. The minimum absolute atomic E-state index is 0.0538.